The molecule has 1 aliphatic rings. The summed E-state index contributed by atoms with van der Waals surface area (Å²) in [6, 6.07) is 8.95. The first-order chi connectivity index (χ1) is 10.2. The van der Waals surface area contributed by atoms with Crippen molar-refractivity contribution in [3.8, 4) is 0 Å². The third kappa shape index (κ3) is 2.47. The summed E-state index contributed by atoms with van der Waals surface area (Å²) in [5.41, 5.74) is 1.13. The maximum Gasteiger partial charge on any atom is 0.277 e. The van der Waals surface area contributed by atoms with E-state index in [-0.39, 0.29) is 23.3 Å². The molecule has 6 nitrogen and oxygen atoms in total. The van der Waals surface area contributed by atoms with Gasteiger partial charge in [0.1, 0.15) is 6.04 Å². The molecule has 0 saturated heterocycles. The summed E-state index contributed by atoms with van der Waals surface area (Å²) in [4.78, 5) is 34.4. The van der Waals surface area contributed by atoms with Crippen LogP contribution in [-0.4, -0.2) is 32.7 Å². The average molecular weight is 282 g/mol. The van der Waals surface area contributed by atoms with Gasteiger partial charge in [0.25, 0.3) is 5.91 Å². The first-order valence-corrected chi connectivity index (χ1v) is 6.63. The fraction of sp³-hybridized carbons (Fsp3) is 0.200. The average Bonchev–Trinajstić information content (AvgIpc) is 2.60. The number of hydrogen-bond donors (Lipinski definition) is 1. The fourth-order valence-corrected chi connectivity index (χ4v) is 2.25. The third-order valence-electron chi connectivity index (χ3n) is 3.45. The molecule has 1 aromatic heterocycles. The van der Waals surface area contributed by atoms with Gasteiger partial charge in [0.2, 0.25) is 5.91 Å². The fourth-order valence-electron chi connectivity index (χ4n) is 2.25. The molecule has 1 aromatic carbocycles. The quantitative estimate of drug-likeness (QED) is 0.904. The molecule has 0 aliphatic carbocycles. The van der Waals surface area contributed by atoms with E-state index in [4.69, 9.17) is 0 Å². The van der Waals surface area contributed by atoms with Crippen LogP contribution in [0.2, 0.25) is 0 Å². The Morgan fingerprint density at radius 1 is 1.14 bits per heavy atom. The molecule has 0 bridgehead atoms. The van der Waals surface area contributed by atoms with Crippen molar-refractivity contribution >= 4 is 17.6 Å². The Bertz CT molecular complexity index is 687. The Balaban J connectivity index is 1.99. The van der Waals surface area contributed by atoms with Crippen molar-refractivity contribution in [2.75, 3.05) is 5.32 Å². The maximum absolute atomic E-state index is 12.6. The van der Waals surface area contributed by atoms with E-state index in [9.17, 15) is 9.59 Å². The van der Waals surface area contributed by atoms with Crippen LogP contribution in [0.15, 0.2) is 42.7 Å². The van der Waals surface area contributed by atoms with Gasteiger partial charge in [-0.05, 0) is 12.5 Å². The van der Waals surface area contributed by atoms with Crippen LogP contribution < -0.4 is 5.32 Å². The molecule has 1 N–H and O–H groups in total. The van der Waals surface area contributed by atoms with Crippen LogP contribution in [0.1, 0.15) is 23.0 Å². The zero-order valence-electron chi connectivity index (χ0n) is 11.5. The van der Waals surface area contributed by atoms with Crippen molar-refractivity contribution in [2.24, 2.45) is 0 Å². The van der Waals surface area contributed by atoms with E-state index in [1.54, 1.807) is 6.92 Å². The molecule has 1 atom stereocenters. The van der Waals surface area contributed by atoms with Crippen LogP contribution >= 0.6 is 0 Å². The third-order valence-corrected chi connectivity index (χ3v) is 3.45. The molecule has 2 amide bonds. The van der Waals surface area contributed by atoms with Gasteiger partial charge in [-0.2, -0.15) is 0 Å². The van der Waals surface area contributed by atoms with Crippen LogP contribution in [0, 0.1) is 0 Å². The smallest absolute Gasteiger partial charge is 0.277 e. The van der Waals surface area contributed by atoms with Gasteiger partial charge in [-0.3, -0.25) is 9.59 Å². The van der Waals surface area contributed by atoms with Crippen molar-refractivity contribution in [2.45, 2.75) is 19.5 Å². The summed E-state index contributed by atoms with van der Waals surface area (Å²) in [5, 5.41) is 2.64. The van der Waals surface area contributed by atoms with Gasteiger partial charge >= 0.3 is 0 Å². The van der Waals surface area contributed by atoms with Crippen molar-refractivity contribution in [3.63, 3.8) is 0 Å². The van der Waals surface area contributed by atoms with E-state index in [0.717, 1.165) is 5.56 Å². The lowest BCUT2D eigenvalue weighted by atomic mass is 10.1. The molecular weight excluding hydrogens is 268 g/mol. The minimum atomic E-state index is -0.589. The summed E-state index contributed by atoms with van der Waals surface area (Å²) in [5.74, 6) is -0.346. The first kappa shape index (κ1) is 13.2. The normalized spacial score (nSPS) is 18.0. The largest absolute Gasteiger partial charge is 0.321 e. The van der Waals surface area contributed by atoms with Gasteiger partial charge in [-0.25, -0.2) is 9.97 Å². The topological polar surface area (TPSA) is 75.2 Å². The summed E-state index contributed by atoms with van der Waals surface area (Å²) in [7, 11) is 0. The van der Waals surface area contributed by atoms with Gasteiger partial charge in [0.15, 0.2) is 11.5 Å². The second-order valence-corrected chi connectivity index (χ2v) is 4.84. The lowest BCUT2D eigenvalue weighted by Gasteiger charge is -2.25. The van der Waals surface area contributed by atoms with E-state index >= 15 is 0 Å². The van der Waals surface area contributed by atoms with Crippen LogP contribution in [-0.2, 0) is 11.3 Å². The molecule has 21 heavy (non-hydrogen) atoms. The lowest BCUT2D eigenvalue weighted by Crippen LogP contribution is -2.42. The Kier molecular flexibility index (Phi) is 3.35. The highest BCUT2D eigenvalue weighted by atomic mass is 16.2. The van der Waals surface area contributed by atoms with Gasteiger partial charge in [-0.1, -0.05) is 30.3 Å². The molecule has 1 aliphatic heterocycles. The van der Waals surface area contributed by atoms with Gasteiger partial charge in [0.05, 0.1) is 0 Å². The van der Waals surface area contributed by atoms with E-state index in [0.29, 0.717) is 6.54 Å². The second kappa shape index (κ2) is 5.32. The van der Waals surface area contributed by atoms with E-state index in [1.165, 1.54) is 17.3 Å². The van der Waals surface area contributed by atoms with Gasteiger partial charge < -0.3 is 10.2 Å². The van der Waals surface area contributed by atoms with Crippen LogP contribution in [0.25, 0.3) is 0 Å². The molecule has 0 radical (unpaired) electrons. The molecule has 2 aromatic rings. The molecule has 2 heterocycles. The van der Waals surface area contributed by atoms with Crippen molar-refractivity contribution in [1.29, 1.82) is 0 Å². The Hall–Kier alpha value is -2.76. The number of hydrogen-bond acceptors (Lipinski definition) is 4. The number of benzene rings is 1. The number of fused-ring (bicyclic) bond motifs is 1. The second-order valence-electron chi connectivity index (χ2n) is 4.84. The number of nitrogens with zero attached hydrogens (tertiary/aromatic N) is 3. The SMILES string of the molecule is C[C@H]1C(=O)Nc2nccnc2C(=O)N1Cc1ccccc1. The minimum Gasteiger partial charge on any atom is -0.321 e. The number of rotatable bonds is 2. The summed E-state index contributed by atoms with van der Waals surface area (Å²) in [6.45, 7) is 2.05. The first-order valence-electron chi connectivity index (χ1n) is 6.63. The summed E-state index contributed by atoms with van der Waals surface area (Å²) >= 11 is 0. The maximum atomic E-state index is 12.6. The molecule has 6 heteroatoms. The number of nitrogens with one attached hydrogen (secondary N) is 1. The molecule has 0 unspecified atom stereocenters. The Morgan fingerprint density at radius 3 is 2.62 bits per heavy atom. The van der Waals surface area contributed by atoms with E-state index in [1.807, 2.05) is 30.3 Å². The number of aromatic nitrogens is 2. The van der Waals surface area contributed by atoms with Crippen molar-refractivity contribution in [1.82, 2.24) is 14.9 Å². The zero-order valence-corrected chi connectivity index (χ0v) is 11.5. The Labute approximate surface area is 121 Å². The predicted octanol–water partition coefficient (Wildman–Crippen LogP) is 1.46. The van der Waals surface area contributed by atoms with E-state index in [2.05, 4.69) is 15.3 Å². The standard InChI is InChI=1S/C15H14N4O2/c1-10-14(20)18-13-12(16-7-8-17-13)15(21)19(10)9-11-5-3-2-4-6-11/h2-8,10H,9H2,1H3,(H,17,18,20)/t10-/m0/s1. The number of carbonyl (C=O) groups excluding carboxylic acids is 2. The number of carbonyl (C=O) groups is 2. The summed E-state index contributed by atoms with van der Waals surface area (Å²) < 4.78 is 0. The molecule has 0 saturated carbocycles. The van der Waals surface area contributed by atoms with Gasteiger partial charge in [0, 0.05) is 18.9 Å². The highest BCUT2D eigenvalue weighted by molar-refractivity contribution is 6.07. The predicted molar refractivity (Wildman–Crippen MR) is 76.4 cm³/mol. The van der Waals surface area contributed by atoms with Crippen LogP contribution in [0.3, 0.4) is 0 Å². The minimum absolute atomic E-state index is 0.172. The molecule has 0 fully saturated rings. The van der Waals surface area contributed by atoms with Crippen molar-refractivity contribution < 1.29 is 9.59 Å². The number of anilines is 1. The molecule has 0 spiro atoms. The van der Waals surface area contributed by atoms with E-state index < -0.39 is 6.04 Å². The zero-order chi connectivity index (χ0) is 14.8. The molecular formula is C15H14N4O2. The Morgan fingerprint density at radius 2 is 1.86 bits per heavy atom. The molecule has 106 valence electrons. The lowest BCUT2D eigenvalue weighted by molar-refractivity contribution is -0.120. The monoisotopic (exact) mass is 282 g/mol. The molecule has 3 rings (SSSR count). The number of amides is 2. The van der Waals surface area contributed by atoms with Crippen LogP contribution in [0.5, 0.6) is 0 Å². The van der Waals surface area contributed by atoms with Gasteiger partial charge in [-0.15, -0.1) is 0 Å². The summed E-state index contributed by atoms with van der Waals surface area (Å²) in [6.07, 6.45) is 2.89. The highest BCUT2D eigenvalue weighted by Crippen LogP contribution is 2.20. The highest BCUT2D eigenvalue weighted by Gasteiger charge is 2.33. The van der Waals surface area contributed by atoms with Crippen molar-refractivity contribution in [3.05, 3.63) is 54.0 Å². The van der Waals surface area contributed by atoms with Crippen LogP contribution in [0.4, 0.5) is 5.82 Å².